The maximum Gasteiger partial charge on any atom is 0.420 e. The molecule has 4 rings (SSSR count). The van der Waals surface area contributed by atoms with Crippen LogP contribution in [-0.2, 0) is 46.6 Å². The Bertz CT molecular complexity index is 1570. The summed E-state index contributed by atoms with van der Waals surface area (Å²) >= 11 is -1.36. The molecule has 12 heteroatoms. The van der Waals surface area contributed by atoms with Crippen molar-refractivity contribution in [1.82, 2.24) is 9.71 Å². The molecule has 7 nitrogen and oxygen atoms in total. The molecule has 1 unspecified atom stereocenters. The minimum atomic E-state index is -4.68. The van der Waals surface area contributed by atoms with Crippen molar-refractivity contribution >= 4 is 28.3 Å². The fourth-order valence-electron chi connectivity index (χ4n) is 4.15. The summed E-state index contributed by atoms with van der Waals surface area (Å²) in [5, 5.41) is -0.171. The van der Waals surface area contributed by atoms with Gasteiger partial charge in [-0.25, -0.2) is 4.39 Å². The number of halogens is 4. The first-order chi connectivity index (χ1) is 19.8. The van der Waals surface area contributed by atoms with Crippen molar-refractivity contribution in [2.45, 2.75) is 58.2 Å². The van der Waals surface area contributed by atoms with Crippen LogP contribution >= 0.6 is 0 Å². The maximum atomic E-state index is 14.0. The van der Waals surface area contributed by atoms with Gasteiger partial charge in [0, 0.05) is 40.1 Å². The van der Waals surface area contributed by atoms with Gasteiger partial charge >= 0.3 is 12.1 Å². The summed E-state index contributed by atoms with van der Waals surface area (Å²) in [6, 6.07) is 9.92. The van der Waals surface area contributed by atoms with E-state index in [-0.39, 0.29) is 42.9 Å². The van der Waals surface area contributed by atoms with Gasteiger partial charge in [0.1, 0.15) is 40.3 Å². The third-order valence-corrected chi connectivity index (χ3v) is 7.69. The molecule has 0 bridgehead atoms. The van der Waals surface area contributed by atoms with Crippen LogP contribution in [0.5, 0.6) is 5.75 Å². The average Bonchev–Trinajstić information content (AvgIpc) is 3.36. The molecule has 2 aromatic heterocycles. The Labute approximate surface area is 243 Å². The Hall–Kier alpha value is -3.61. The summed E-state index contributed by atoms with van der Waals surface area (Å²) < 4.78 is 86.7. The van der Waals surface area contributed by atoms with E-state index in [1.807, 2.05) is 20.8 Å². The largest absolute Gasteiger partial charge is 0.598 e. The quantitative estimate of drug-likeness (QED) is 0.119. The molecule has 1 N–H and O–H groups in total. The molecule has 0 radical (unpaired) electrons. The summed E-state index contributed by atoms with van der Waals surface area (Å²) in [4.78, 5) is 16.3. The van der Waals surface area contributed by atoms with Gasteiger partial charge in [-0.3, -0.25) is 9.78 Å². The number of pyridine rings is 1. The molecule has 2 heterocycles. The summed E-state index contributed by atoms with van der Waals surface area (Å²) in [5.74, 6) is -1.06. The zero-order valence-electron chi connectivity index (χ0n) is 23.4. The van der Waals surface area contributed by atoms with E-state index in [0.717, 1.165) is 6.07 Å². The smallest absolute Gasteiger partial charge is 0.420 e. The number of hydrogen-bond donors (Lipinski definition) is 1. The Kier molecular flexibility index (Phi) is 9.49. The van der Waals surface area contributed by atoms with Gasteiger partial charge in [0.15, 0.2) is 0 Å². The van der Waals surface area contributed by atoms with Gasteiger partial charge < -0.3 is 18.4 Å². The number of nitrogens with zero attached hydrogens (tertiary/aromatic N) is 1. The van der Waals surface area contributed by atoms with E-state index in [1.165, 1.54) is 24.4 Å². The van der Waals surface area contributed by atoms with Crippen molar-refractivity contribution < 1.29 is 40.8 Å². The molecule has 0 saturated carbocycles. The van der Waals surface area contributed by atoms with Crippen molar-refractivity contribution in [3.8, 4) is 16.9 Å². The predicted octanol–water partition coefficient (Wildman–Crippen LogP) is 6.89. The van der Waals surface area contributed by atoms with Crippen LogP contribution in [0.15, 0.2) is 59.3 Å². The van der Waals surface area contributed by atoms with Gasteiger partial charge in [-0.05, 0) is 69.2 Å². The molecule has 0 amide bonds. The van der Waals surface area contributed by atoms with Crippen LogP contribution in [0.25, 0.3) is 22.1 Å². The second kappa shape index (κ2) is 12.7. The number of fused-ring (bicyclic) bond motifs is 1. The van der Waals surface area contributed by atoms with Gasteiger partial charge in [-0.2, -0.15) is 13.2 Å². The van der Waals surface area contributed by atoms with Gasteiger partial charge in [-0.1, -0.05) is 6.07 Å². The summed E-state index contributed by atoms with van der Waals surface area (Å²) in [6.07, 6.45) is -2.68. The van der Waals surface area contributed by atoms with Crippen molar-refractivity contribution in [3.63, 3.8) is 0 Å². The van der Waals surface area contributed by atoms with Crippen molar-refractivity contribution in [2.75, 3.05) is 6.61 Å². The molecule has 2 aromatic carbocycles. The number of furan rings is 1. The maximum absolute atomic E-state index is 14.0. The lowest BCUT2D eigenvalue weighted by Crippen LogP contribution is -2.39. The van der Waals surface area contributed by atoms with E-state index in [4.69, 9.17) is 13.9 Å². The Balaban J connectivity index is 1.70. The Morgan fingerprint density at radius 3 is 2.57 bits per heavy atom. The molecule has 0 aliphatic heterocycles. The standard InChI is InChI=1S/C30H30F4N2O5S/c1-5-39-27(37)13-20-6-7-21(31)14-26(20)40-16-18-10-23(28-24(11-18)25(17-41-28)30(32,33)34)19-8-9-35-22(12-19)15-36-42(38)29(2,3)4/h6-12,14,17,36H,5,13,15-16H2,1-4H3. The summed E-state index contributed by atoms with van der Waals surface area (Å²) in [5.41, 5.74) is 1.18. The predicted molar refractivity (Wildman–Crippen MR) is 150 cm³/mol. The lowest BCUT2D eigenvalue weighted by molar-refractivity contribution is -0.142. The zero-order valence-corrected chi connectivity index (χ0v) is 24.2. The minimum Gasteiger partial charge on any atom is -0.598 e. The monoisotopic (exact) mass is 606 g/mol. The van der Waals surface area contributed by atoms with Gasteiger partial charge in [0.2, 0.25) is 0 Å². The molecular weight excluding hydrogens is 576 g/mol. The average molecular weight is 607 g/mol. The zero-order chi connectivity index (χ0) is 30.7. The third-order valence-electron chi connectivity index (χ3n) is 6.17. The van der Waals surface area contributed by atoms with Crippen LogP contribution in [-0.4, -0.2) is 26.9 Å². The highest BCUT2D eigenvalue weighted by Gasteiger charge is 2.35. The molecule has 0 aliphatic carbocycles. The van der Waals surface area contributed by atoms with Crippen molar-refractivity contribution in [1.29, 1.82) is 0 Å². The number of carbonyl (C=O) groups excluding carboxylic acids is 1. The third kappa shape index (κ3) is 7.61. The number of nitrogens with one attached hydrogen (secondary N) is 1. The molecular formula is C30H30F4N2O5S. The van der Waals surface area contributed by atoms with Crippen LogP contribution in [0.4, 0.5) is 17.6 Å². The summed E-state index contributed by atoms with van der Waals surface area (Å²) in [6.45, 7) is 7.24. The fourth-order valence-corrected chi connectivity index (χ4v) is 4.86. The molecule has 0 fully saturated rings. The summed E-state index contributed by atoms with van der Waals surface area (Å²) in [7, 11) is 0. The van der Waals surface area contributed by atoms with E-state index in [2.05, 4.69) is 9.71 Å². The van der Waals surface area contributed by atoms with Crippen LogP contribution in [0, 0.1) is 5.82 Å². The first-order valence-corrected chi connectivity index (χ1v) is 14.2. The first-order valence-electron chi connectivity index (χ1n) is 13.0. The molecule has 42 heavy (non-hydrogen) atoms. The number of ether oxygens (including phenoxy) is 2. The number of benzene rings is 2. The second-order valence-corrected chi connectivity index (χ2v) is 12.5. The number of esters is 1. The number of alkyl halides is 3. The molecule has 0 aliphatic rings. The normalized spacial score (nSPS) is 12.9. The Morgan fingerprint density at radius 1 is 1.12 bits per heavy atom. The number of aromatic nitrogens is 1. The van der Waals surface area contributed by atoms with E-state index in [9.17, 15) is 26.9 Å². The van der Waals surface area contributed by atoms with Gasteiger partial charge in [-0.15, -0.1) is 4.72 Å². The lowest BCUT2D eigenvalue weighted by Gasteiger charge is -2.23. The number of carbonyl (C=O) groups is 1. The fraction of sp³-hybridized carbons (Fsp3) is 0.333. The second-order valence-electron chi connectivity index (χ2n) is 10.4. The number of hydrogen-bond acceptors (Lipinski definition) is 7. The highest BCUT2D eigenvalue weighted by atomic mass is 32.2. The molecule has 224 valence electrons. The first kappa shape index (κ1) is 31.3. The van der Waals surface area contributed by atoms with Crippen LogP contribution < -0.4 is 9.46 Å². The van der Waals surface area contributed by atoms with Crippen molar-refractivity contribution in [3.05, 3.63) is 83.1 Å². The SMILES string of the molecule is CCOC(=O)Cc1ccc(F)cc1OCc1cc(-c2ccnc(CN[S+]([O-])C(C)(C)C)c2)c2occ(C(F)(F)F)c2c1. The van der Waals surface area contributed by atoms with Gasteiger partial charge in [0.05, 0.1) is 25.3 Å². The topological polar surface area (TPSA) is 96.7 Å². The van der Waals surface area contributed by atoms with Crippen LogP contribution in [0.2, 0.25) is 0 Å². The molecule has 4 aromatic rings. The van der Waals surface area contributed by atoms with E-state index < -0.39 is 39.6 Å². The van der Waals surface area contributed by atoms with E-state index in [1.54, 1.807) is 25.1 Å². The minimum absolute atomic E-state index is 0.0169. The van der Waals surface area contributed by atoms with E-state index >= 15 is 0 Å². The molecule has 0 saturated heterocycles. The van der Waals surface area contributed by atoms with Gasteiger partial charge in [0.25, 0.3) is 0 Å². The highest BCUT2D eigenvalue weighted by Crippen LogP contribution is 2.40. The lowest BCUT2D eigenvalue weighted by atomic mass is 9.99. The molecule has 1 atom stereocenters. The molecule has 0 spiro atoms. The highest BCUT2D eigenvalue weighted by molar-refractivity contribution is 7.90. The number of rotatable bonds is 10. The van der Waals surface area contributed by atoms with Crippen LogP contribution in [0.1, 0.15) is 50.1 Å². The van der Waals surface area contributed by atoms with Crippen molar-refractivity contribution in [2.24, 2.45) is 0 Å². The van der Waals surface area contributed by atoms with E-state index in [0.29, 0.717) is 34.2 Å². The van der Waals surface area contributed by atoms with Crippen LogP contribution in [0.3, 0.4) is 0 Å². The Morgan fingerprint density at radius 2 is 1.88 bits per heavy atom.